The monoisotopic (exact) mass is 789 g/mol. The molecular formula is C36H38F3N5O10S. The van der Waals surface area contributed by atoms with Crippen molar-refractivity contribution in [3.05, 3.63) is 81.9 Å². The SMILES string of the molecule is COC(=O)N(OC(=O)C(F)(F)F)c1ccc(S(=O)(=O)C(C)C)c(C2CCCN2C(=O)C(Nc2ccc3nc(C)[nH]c(=O)c3c2)c2ccc(OC)c(OC)c2)c1. The van der Waals surface area contributed by atoms with Crippen LogP contribution in [-0.4, -0.2) is 80.6 Å². The summed E-state index contributed by atoms with van der Waals surface area (Å²) >= 11 is 0. The van der Waals surface area contributed by atoms with Gasteiger partial charge in [-0.2, -0.15) is 13.2 Å². The third-order valence-electron chi connectivity index (χ3n) is 8.92. The number of rotatable bonds is 10. The summed E-state index contributed by atoms with van der Waals surface area (Å²) in [5.41, 5.74) is 0.253. The molecule has 294 valence electrons. The van der Waals surface area contributed by atoms with Crippen LogP contribution in [-0.2, 0) is 29.0 Å². The van der Waals surface area contributed by atoms with Crippen LogP contribution in [0.1, 0.15) is 55.7 Å². The quantitative estimate of drug-likeness (QED) is 0.191. The Balaban J connectivity index is 1.65. The molecular weight excluding hydrogens is 751 g/mol. The summed E-state index contributed by atoms with van der Waals surface area (Å²) in [6, 6.07) is 10.5. The molecule has 0 bridgehead atoms. The van der Waals surface area contributed by atoms with Gasteiger partial charge in [-0.05, 0) is 93.3 Å². The number of hydroxylamine groups is 1. The Kier molecular flexibility index (Phi) is 11.6. The molecule has 2 heterocycles. The first-order chi connectivity index (χ1) is 25.9. The van der Waals surface area contributed by atoms with Crippen LogP contribution in [0, 0.1) is 6.92 Å². The van der Waals surface area contributed by atoms with E-state index in [1.54, 1.807) is 37.3 Å². The molecule has 0 spiro atoms. The van der Waals surface area contributed by atoms with Gasteiger partial charge < -0.3 is 34.2 Å². The van der Waals surface area contributed by atoms with E-state index >= 15 is 0 Å². The maximum Gasteiger partial charge on any atom is 0.493 e. The molecule has 0 radical (unpaired) electrons. The van der Waals surface area contributed by atoms with Crippen LogP contribution in [0.3, 0.4) is 0 Å². The molecule has 1 aliphatic heterocycles. The van der Waals surface area contributed by atoms with E-state index in [1.807, 2.05) is 0 Å². The number of methoxy groups -OCH3 is 3. The van der Waals surface area contributed by atoms with Crippen molar-refractivity contribution in [2.24, 2.45) is 0 Å². The number of carbonyl (C=O) groups is 3. The van der Waals surface area contributed by atoms with Gasteiger partial charge in [0.05, 0.1) is 54.1 Å². The van der Waals surface area contributed by atoms with Crippen LogP contribution in [0.5, 0.6) is 11.5 Å². The zero-order valence-electron chi connectivity index (χ0n) is 30.5. The highest BCUT2D eigenvalue weighted by Crippen LogP contribution is 2.41. The minimum Gasteiger partial charge on any atom is -0.493 e. The van der Waals surface area contributed by atoms with E-state index in [0.29, 0.717) is 40.5 Å². The minimum atomic E-state index is -5.50. The zero-order chi connectivity index (χ0) is 40.4. The average Bonchev–Trinajstić information content (AvgIpc) is 3.64. The number of alkyl halides is 3. The highest BCUT2D eigenvalue weighted by atomic mass is 32.2. The van der Waals surface area contributed by atoms with Crippen LogP contribution in [0.25, 0.3) is 10.9 Å². The molecule has 55 heavy (non-hydrogen) atoms. The van der Waals surface area contributed by atoms with Gasteiger partial charge in [0, 0.05) is 12.2 Å². The average molecular weight is 790 g/mol. The number of aromatic amines is 1. The van der Waals surface area contributed by atoms with Crippen LogP contribution in [0.15, 0.2) is 64.3 Å². The first kappa shape index (κ1) is 40.3. The van der Waals surface area contributed by atoms with Gasteiger partial charge in [-0.25, -0.2) is 23.0 Å². The number of benzene rings is 3. The van der Waals surface area contributed by atoms with Gasteiger partial charge in [-0.3, -0.25) is 9.59 Å². The van der Waals surface area contributed by atoms with Gasteiger partial charge in [0.15, 0.2) is 21.3 Å². The van der Waals surface area contributed by atoms with Crippen molar-refractivity contribution >= 4 is 50.1 Å². The van der Waals surface area contributed by atoms with E-state index in [9.17, 15) is 40.8 Å². The molecule has 1 saturated heterocycles. The molecule has 2 atom stereocenters. The van der Waals surface area contributed by atoms with E-state index < -0.39 is 62.6 Å². The highest BCUT2D eigenvalue weighted by Gasteiger charge is 2.45. The number of hydrogen-bond donors (Lipinski definition) is 2. The molecule has 1 aromatic heterocycles. The van der Waals surface area contributed by atoms with Gasteiger partial charge in [0.25, 0.3) is 5.56 Å². The molecule has 0 aliphatic carbocycles. The number of likely N-dealkylation sites (tertiary alicyclic amines) is 1. The normalized spacial score (nSPS) is 15.1. The second-order valence-electron chi connectivity index (χ2n) is 12.7. The molecule has 3 aromatic carbocycles. The smallest absolute Gasteiger partial charge is 0.493 e. The largest absolute Gasteiger partial charge is 0.493 e. The van der Waals surface area contributed by atoms with Crippen LogP contribution in [0.2, 0.25) is 0 Å². The van der Waals surface area contributed by atoms with Crippen molar-refractivity contribution in [3.63, 3.8) is 0 Å². The summed E-state index contributed by atoms with van der Waals surface area (Å²) in [4.78, 5) is 64.7. The number of fused-ring (bicyclic) bond motifs is 1. The number of halogens is 3. The number of anilines is 2. The number of nitrogens with zero attached hydrogens (tertiary/aromatic N) is 3. The number of aromatic nitrogens is 2. The number of ether oxygens (including phenoxy) is 3. The van der Waals surface area contributed by atoms with Crippen LogP contribution < -0.4 is 25.4 Å². The Bertz CT molecular complexity index is 2300. The van der Waals surface area contributed by atoms with E-state index in [0.717, 1.165) is 25.3 Å². The number of sulfone groups is 1. The van der Waals surface area contributed by atoms with Crippen molar-refractivity contribution in [1.82, 2.24) is 14.9 Å². The lowest BCUT2D eigenvalue weighted by Gasteiger charge is -2.32. The maximum atomic E-state index is 14.9. The molecule has 2 N–H and O–H groups in total. The Morgan fingerprint density at radius 3 is 2.35 bits per heavy atom. The number of amides is 2. The Morgan fingerprint density at radius 2 is 1.71 bits per heavy atom. The number of aryl methyl sites for hydroxylation is 1. The van der Waals surface area contributed by atoms with Gasteiger partial charge >= 0.3 is 18.2 Å². The number of hydrogen-bond acceptors (Lipinski definition) is 12. The topological polar surface area (TPSA) is 187 Å². The second kappa shape index (κ2) is 15.9. The fraction of sp³-hybridized carbons (Fsp3) is 0.361. The molecule has 2 amide bonds. The zero-order valence-corrected chi connectivity index (χ0v) is 31.3. The second-order valence-corrected chi connectivity index (χ2v) is 15.2. The summed E-state index contributed by atoms with van der Waals surface area (Å²) in [7, 11) is -0.416. The lowest BCUT2D eigenvalue weighted by Crippen LogP contribution is -2.39. The van der Waals surface area contributed by atoms with Crippen molar-refractivity contribution in [2.75, 3.05) is 38.3 Å². The molecule has 0 saturated carbocycles. The van der Waals surface area contributed by atoms with Crippen molar-refractivity contribution in [2.45, 2.75) is 62.0 Å². The lowest BCUT2D eigenvalue weighted by molar-refractivity contribution is -0.200. The molecule has 4 aromatic rings. The Morgan fingerprint density at radius 1 is 1.00 bits per heavy atom. The summed E-state index contributed by atoms with van der Waals surface area (Å²) in [6.07, 6.45) is -6.43. The number of nitrogens with one attached hydrogen (secondary N) is 2. The van der Waals surface area contributed by atoms with Gasteiger partial charge in [-0.15, -0.1) is 5.06 Å². The van der Waals surface area contributed by atoms with E-state index in [-0.39, 0.29) is 33.9 Å². The molecule has 2 unspecified atom stereocenters. The predicted octanol–water partition coefficient (Wildman–Crippen LogP) is 5.54. The number of H-pyrrole nitrogens is 1. The molecule has 1 fully saturated rings. The Labute approximate surface area is 313 Å². The van der Waals surface area contributed by atoms with Gasteiger partial charge in [0.1, 0.15) is 11.9 Å². The number of carbonyl (C=O) groups excluding carboxylic acids is 3. The van der Waals surface area contributed by atoms with Crippen LogP contribution >= 0.6 is 0 Å². The standard InChI is InChI=1S/C36H38F3N5O10S/c1-19(2)55(49,50)30-14-11-23(44(35(48)53-6)54-34(47)36(37,38)39)18-25(30)27-8-7-15-43(27)33(46)31(21-9-13-28(51-4)29(16-21)52-5)42-22-10-12-26-24(17-22)32(45)41-20(3)40-26/h9-14,16-19,27,31,42H,7-8,15H2,1-6H3,(H,40,41,45). The molecule has 15 nitrogen and oxygen atoms in total. The molecule has 19 heteroatoms. The first-order valence-corrected chi connectivity index (χ1v) is 18.3. The summed E-state index contributed by atoms with van der Waals surface area (Å²) in [5.74, 6) is -2.22. The van der Waals surface area contributed by atoms with Crippen LogP contribution in [0.4, 0.5) is 29.3 Å². The molecule has 5 rings (SSSR count). The fourth-order valence-corrected chi connectivity index (χ4v) is 7.49. The van der Waals surface area contributed by atoms with E-state index in [4.69, 9.17) is 9.47 Å². The lowest BCUT2D eigenvalue weighted by atomic mass is 10.0. The van der Waals surface area contributed by atoms with Crippen molar-refractivity contribution < 1.29 is 55.0 Å². The van der Waals surface area contributed by atoms with Gasteiger partial charge in [0.2, 0.25) is 5.91 Å². The van der Waals surface area contributed by atoms with Gasteiger partial charge in [-0.1, -0.05) is 6.07 Å². The van der Waals surface area contributed by atoms with E-state index in [2.05, 4.69) is 24.9 Å². The highest BCUT2D eigenvalue weighted by molar-refractivity contribution is 7.92. The Hall–Kier alpha value is -5.85. The fourth-order valence-electron chi connectivity index (χ4n) is 6.20. The summed E-state index contributed by atoms with van der Waals surface area (Å²) < 4.78 is 82.6. The maximum absolute atomic E-state index is 14.9. The first-order valence-electron chi connectivity index (χ1n) is 16.8. The van der Waals surface area contributed by atoms with Crippen molar-refractivity contribution in [3.8, 4) is 11.5 Å². The third kappa shape index (κ3) is 8.30. The molecule has 1 aliphatic rings. The van der Waals surface area contributed by atoms with E-state index in [1.165, 1.54) is 39.0 Å². The van der Waals surface area contributed by atoms with Crippen molar-refractivity contribution in [1.29, 1.82) is 0 Å². The predicted molar refractivity (Wildman–Crippen MR) is 192 cm³/mol. The third-order valence-corrected chi connectivity index (χ3v) is 11.1. The minimum absolute atomic E-state index is 0.0428. The summed E-state index contributed by atoms with van der Waals surface area (Å²) in [5, 5.41) is 2.43. The summed E-state index contributed by atoms with van der Waals surface area (Å²) in [6.45, 7) is 4.61.